The first-order valence-electron chi connectivity index (χ1n) is 5.33. The zero-order valence-electron chi connectivity index (χ0n) is 9.52. The number of rotatable bonds is 3. The van der Waals surface area contributed by atoms with E-state index in [0.29, 0.717) is 13.1 Å². The van der Waals surface area contributed by atoms with Crippen molar-refractivity contribution >= 4 is 26.0 Å². The van der Waals surface area contributed by atoms with Crippen molar-refractivity contribution in [3.8, 4) is 5.75 Å². The molecule has 1 aromatic carbocycles. The van der Waals surface area contributed by atoms with Gasteiger partial charge in [0.2, 0.25) is 10.0 Å². The second kappa shape index (κ2) is 4.96. The maximum atomic E-state index is 11.7. The van der Waals surface area contributed by atoms with E-state index in [4.69, 9.17) is 4.74 Å². The minimum absolute atomic E-state index is 0.268. The Balaban J connectivity index is 2.17. The van der Waals surface area contributed by atoms with E-state index in [1.165, 1.54) is 4.31 Å². The third-order valence-electron chi connectivity index (χ3n) is 2.78. The van der Waals surface area contributed by atoms with Gasteiger partial charge in [-0.25, -0.2) is 8.42 Å². The van der Waals surface area contributed by atoms with Gasteiger partial charge in [0.1, 0.15) is 5.75 Å². The fraction of sp³-hybridized carbons (Fsp3) is 0.455. The van der Waals surface area contributed by atoms with Crippen molar-refractivity contribution in [3.05, 3.63) is 28.2 Å². The quantitative estimate of drug-likeness (QED) is 0.856. The van der Waals surface area contributed by atoms with Crippen molar-refractivity contribution in [2.24, 2.45) is 0 Å². The lowest BCUT2D eigenvalue weighted by atomic mass is 10.2. The average Bonchev–Trinajstić information content (AvgIpc) is 2.59. The summed E-state index contributed by atoms with van der Waals surface area (Å²) in [6, 6.07) is 5.62. The van der Waals surface area contributed by atoms with Crippen molar-refractivity contribution < 1.29 is 13.2 Å². The lowest BCUT2D eigenvalue weighted by Crippen LogP contribution is -2.25. The topological polar surface area (TPSA) is 46.6 Å². The monoisotopic (exact) mass is 319 g/mol. The largest absolute Gasteiger partial charge is 0.496 e. The van der Waals surface area contributed by atoms with Gasteiger partial charge >= 0.3 is 0 Å². The number of hydrogen-bond donors (Lipinski definition) is 0. The lowest BCUT2D eigenvalue weighted by Gasteiger charge is -2.14. The Morgan fingerprint density at radius 3 is 2.76 bits per heavy atom. The van der Waals surface area contributed by atoms with Crippen molar-refractivity contribution in [2.45, 2.75) is 13.0 Å². The van der Waals surface area contributed by atoms with E-state index in [-0.39, 0.29) is 5.75 Å². The Hall–Kier alpha value is -0.590. The van der Waals surface area contributed by atoms with E-state index in [0.717, 1.165) is 22.2 Å². The number of benzene rings is 1. The van der Waals surface area contributed by atoms with Crippen LogP contribution in [0, 0.1) is 0 Å². The zero-order valence-corrected chi connectivity index (χ0v) is 11.9. The third-order valence-corrected chi connectivity index (χ3v) is 5.30. The van der Waals surface area contributed by atoms with Gasteiger partial charge in [0.25, 0.3) is 0 Å². The molecule has 1 saturated heterocycles. The summed E-state index contributed by atoms with van der Waals surface area (Å²) >= 11 is 3.39. The molecule has 2 rings (SSSR count). The molecule has 0 aromatic heterocycles. The minimum atomic E-state index is -3.03. The SMILES string of the molecule is COc1ccc(CN2CCCS2(=O)=O)cc1Br. The Labute approximate surface area is 110 Å². The van der Waals surface area contributed by atoms with E-state index < -0.39 is 10.0 Å². The zero-order chi connectivity index (χ0) is 12.5. The molecule has 1 fully saturated rings. The van der Waals surface area contributed by atoms with E-state index in [9.17, 15) is 8.42 Å². The van der Waals surface area contributed by atoms with E-state index in [1.54, 1.807) is 7.11 Å². The van der Waals surface area contributed by atoms with Crippen LogP contribution >= 0.6 is 15.9 Å². The first-order valence-corrected chi connectivity index (χ1v) is 7.73. The molecule has 1 aliphatic rings. The minimum Gasteiger partial charge on any atom is -0.496 e. The standard InChI is InChI=1S/C11H14BrNO3S/c1-16-11-4-3-9(7-10(11)12)8-13-5-2-6-17(13,14)15/h3-4,7H,2,5-6,8H2,1H3. The van der Waals surface area contributed by atoms with Gasteiger partial charge in [-0.15, -0.1) is 0 Å². The van der Waals surface area contributed by atoms with Crippen LogP contribution in [0.4, 0.5) is 0 Å². The molecule has 0 unspecified atom stereocenters. The molecule has 0 radical (unpaired) electrons. The fourth-order valence-corrected chi connectivity index (χ4v) is 3.97. The fourth-order valence-electron chi connectivity index (χ4n) is 1.88. The molecular formula is C11H14BrNO3S. The highest BCUT2D eigenvalue weighted by atomic mass is 79.9. The van der Waals surface area contributed by atoms with Gasteiger partial charge in [-0.3, -0.25) is 0 Å². The summed E-state index contributed by atoms with van der Waals surface area (Å²) in [7, 11) is -1.43. The summed E-state index contributed by atoms with van der Waals surface area (Å²) in [5.41, 5.74) is 0.961. The molecule has 1 aromatic rings. The van der Waals surface area contributed by atoms with Gasteiger partial charge < -0.3 is 4.74 Å². The molecule has 1 aliphatic heterocycles. The van der Waals surface area contributed by atoms with Crippen LogP contribution in [-0.4, -0.2) is 32.1 Å². The smallest absolute Gasteiger partial charge is 0.214 e. The number of hydrogen-bond acceptors (Lipinski definition) is 3. The van der Waals surface area contributed by atoms with Crippen LogP contribution in [-0.2, 0) is 16.6 Å². The molecule has 4 nitrogen and oxygen atoms in total. The molecule has 0 amide bonds. The summed E-state index contributed by atoms with van der Waals surface area (Å²) in [6.07, 6.45) is 0.722. The second-order valence-electron chi connectivity index (χ2n) is 3.97. The Bertz CT molecular complexity index is 515. The van der Waals surface area contributed by atoms with Gasteiger partial charge in [-0.2, -0.15) is 4.31 Å². The van der Waals surface area contributed by atoms with Crippen molar-refractivity contribution in [1.29, 1.82) is 0 Å². The van der Waals surface area contributed by atoms with E-state index in [1.807, 2.05) is 18.2 Å². The van der Waals surface area contributed by atoms with E-state index in [2.05, 4.69) is 15.9 Å². The predicted molar refractivity (Wildman–Crippen MR) is 69.5 cm³/mol. The van der Waals surface area contributed by atoms with Crippen LogP contribution in [0.1, 0.15) is 12.0 Å². The first kappa shape index (κ1) is 12.9. The number of sulfonamides is 1. The molecule has 0 saturated carbocycles. The highest BCUT2D eigenvalue weighted by Crippen LogP contribution is 2.27. The van der Waals surface area contributed by atoms with Crippen LogP contribution in [0.25, 0.3) is 0 Å². The molecule has 0 atom stereocenters. The predicted octanol–water partition coefficient (Wildman–Crippen LogP) is 1.99. The number of nitrogens with zero attached hydrogens (tertiary/aromatic N) is 1. The molecule has 0 aliphatic carbocycles. The number of ether oxygens (including phenoxy) is 1. The average molecular weight is 320 g/mol. The molecule has 1 heterocycles. The van der Waals surface area contributed by atoms with Crippen LogP contribution in [0.5, 0.6) is 5.75 Å². The normalized spacial score (nSPS) is 19.4. The number of halogens is 1. The molecule has 94 valence electrons. The summed E-state index contributed by atoms with van der Waals surface area (Å²) in [6.45, 7) is 1.05. The van der Waals surface area contributed by atoms with Gasteiger partial charge in [-0.1, -0.05) is 6.07 Å². The van der Waals surface area contributed by atoms with Crippen molar-refractivity contribution in [2.75, 3.05) is 19.4 Å². The summed E-state index contributed by atoms with van der Waals surface area (Å²) in [5.74, 6) is 1.02. The van der Waals surface area contributed by atoms with Gasteiger partial charge in [-0.05, 0) is 40.0 Å². The Morgan fingerprint density at radius 1 is 1.47 bits per heavy atom. The Kier molecular flexibility index (Phi) is 3.75. The summed E-state index contributed by atoms with van der Waals surface area (Å²) < 4.78 is 30.8. The van der Waals surface area contributed by atoms with Crippen molar-refractivity contribution in [1.82, 2.24) is 4.31 Å². The van der Waals surface area contributed by atoms with Crippen LogP contribution < -0.4 is 4.74 Å². The van der Waals surface area contributed by atoms with Crippen LogP contribution in [0.2, 0.25) is 0 Å². The molecule has 0 spiro atoms. The van der Waals surface area contributed by atoms with Crippen molar-refractivity contribution in [3.63, 3.8) is 0 Å². The number of methoxy groups -OCH3 is 1. The third kappa shape index (κ3) is 2.81. The van der Waals surface area contributed by atoms with Crippen LogP contribution in [0.15, 0.2) is 22.7 Å². The first-order chi connectivity index (χ1) is 8.03. The highest BCUT2D eigenvalue weighted by molar-refractivity contribution is 9.10. The summed E-state index contributed by atoms with van der Waals surface area (Å²) in [5, 5.41) is 0. The molecule has 6 heteroatoms. The lowest BCUT2D eigenvalue weighted by molar-refractivity contribution is 0.410. The molecule has 0 N–H and O–H groups in total. The highest BCUT2D eigenvalue weighted by Gasteiger charge is 2.28. The van der Waals surface area contributed by atoms with Gasteiger partial charge in [0, 0.05) is 13.1 Å². The molecular weight excluding hydrogens is 306 g/mol. The Morgan fingerprint density at radius 2 is 2.24 bits per heavy atom. The van der Waals surface area contributed by atoms with E-state index >= 15 is 0 Å². The second-order valence-corrected chi connectivity index (χ2v) is 6.91. The maximum absolute atomic E-state index is 11.7. The molecule has 17 heavy (non-hydrogen) atoms. The maximum Gasteiger partial charge on any atom is 0.214 e. The molecule has 0 bridgehead atoms. The van der Waals surface area contributed by atoms with Gasteiger partial charge in [0.15, 0.2) is 0 Å². The van der Waals surface area contributed by atoms with Gasteiger partial charge in [0.05, 0.1) is 17.3 Å². The summed E-state index contributed by atoms with van der Waals surface area (Å²) in [4.78, 5) is 0. The van der Waals surface area contributed by atoms with Crippen LogP contribution in [0.3, 0.4) is 0 Å².